The Hall–Kier alpha value is -1.89. The van der Waals surface area contributed by atoms with E-state index in [0.717, 1.165) is 18.4 Å². The molecule has 0 radical (unpaired) electrons. The molecule has 0 N–H and O–H groups in total. The zero-order valence-electron chi connectivity index (χ0n) is 11.6. The highest BCUT2D eigenvalue weighted by atomic mass is 16.1. The van der Waals surface area contributed by atoms with Crippen molar-refractivity contribution in [2.45, 2.75) is 32.6 Å². The van der Waals surface area contributed by atoms with E-state index in [-0.39, 0.29) is 0 Å². The van der Waals surface area contributed by atoms with Crippen molar-refractivity contribution < 1.29 is 4.79 Å². The van der Waals surface area contributed by atoms with E-state index in [1.54, 1.807) is 0 Å². The molecule has 1 aromatic carbocycles. The zero-order chi connectivity index (χ0) is 13.9. The number of carbonyl (C=O) groups excluding carboxylic acids is 1. The molecular weight excluding hydrogens is 232 g/mol. The first-order chi connectivity index (χ1) is 9.26. The van der Waals surface area contributed by atoms with Gasteiger partial charge in [-0.05, 0) is 30.9 Å². The molecule has 0 fully saturated rings. The summed E-state index contributed by atoms with van der Waals surface area (Å²) in [5.41, 5.74) is 2.34. The molecule has 0 bridgehead atoms. The first-order valence-corrected chi connectivity index (χ1v) is 6.76. The molecule has 0 atom stereocenters. The molecule has 0 aliphatic heterocycles. The molecule has 0 amide bonds. The molecule has 0 aliphatic carbocycles. The van der Waals surface area contributed by atoms with Gasteiger partial charge in [-0.25, -0.2) is 0 Å². The lowest BCUT2D eigenvalue weighted by Crippen LogP contribution is -2.00. The molecule has 0 spiro atoms. The van der Waals surface area contributed by atoms with E-state index >= 15 is 0 Å². The Balaban J connectivity index is 2.33. The van der Waals surface area contributed by atoms with Crippen LogP contribution in [0.25, 0.3) is 0 Å². The third-order valence-corrected chi connectivity index (χ3v) is 2.99. The summed E-state index contributed by atoms with van der Waals surface area (Å²) in [4.78, 5) is 11.8. The maximum atomic E-state index is 11.8. The summed E-state index contributed by atoms with van der Waals surface area (Å²) >= 11 is 0. The molecule has 1 nitrogen and oxygen atoms in total. The van der Waals surface area contributed by atoms with Crippen molar-refractivity contribution in [3.05, 3.63) is 72.4 Å². The van der Waals surface area contributed by atoms with Crippen molar-refractivity contribution in [2.75, 3.05) is 0 Å². The Morgan fingerprint density at radius 2 is 1.89 bits per heavy atom. The number of allylic oxidation sites excluding steroid dienone is 5. The summed E-state index contributed by atoms with van der Waals surface area (Å²) in [7, 11) is 0. The minimum Gasteiger partial charge on any atom is -0.300 e. The van der Waals surface area contributed by atoms with Crippen molar-refractivity contribution in [2.24, 2.45) is 0 Å². The minimum atomic E-state index is 0.317. The summed E-state index contributed by atoms with van der Waals surface area (Å²) in [6.07, 6.45) is 10.6. The third kappa shape index (κ3) is 6.56. The maximum Gasteiger partial charge on any atom is 0.133 e. The summed E-state index contributed by atoms with van der Waals surface area (Å²) in [5.74, 6) is 0.317. The molecule has 19 heavy (non-hydrogen) atoms. The normalized spacial score (nSPS) is 11.7. The minimum absolute atomic E-state index is 0.317. The van der Waals surface area contributed by atoms with Gasteiger partial charge in [0, 0.05) is 12.8 Å². The van der Waals surface area contributed by atoms with Gasteiger partial charge in [-0.15, -0.1) is 0 Å². The second kappa shape index (κ2) is 9.09. The van der Waals surface area contributed by atoms with Crippen molar-refractivity contribution in [1.29, 1.82) is 0 Å². The Bertz CT molecular complexity index is 452. The summed E-state index contributed by atoms with van der Waals surface area (Å²) in [5, 5.41) is 0. The van der Waals surface area contributed by atoms with Crippen molar-refractivity contribution in [1.82, 2.24) is 0 Å². The predicted molar refractivity (Wildman–Crippen MR) is 82.1 cm³/mol. The molecule has 100 valence electrons. The van der Waals surface area contributed by atoms with Crippen LogP contribution in [0, 0.1) is 0 Å². The first kappa shape index (κ1) is 15.2. The van der Waals surface area contributed by atoms with Gasteiger partial charge < -0.3 is 0 Å². The van der Waals surface area contributed by atoms with Gasteiger partial charge in [0.25, 0.3) is 0 Å². The van der Waals surface area contributed by atoms with Crippen LogP contribution >= 0.6 is 0 Å². The second-order valence-corrected chi connectivity index (χ2v) is 4.50. The fraction of sp³-hybridized carbons (Fsp3) is 0.278. The summed E-state index contributed by atoms with van der Waals surface area (Å²) < 4.78 is 0. The number of carbonyl (C=O) groups is 1. The predicted octanol–water partition coefficient (Wildman–Crippen LogP) is 4.66. The molecule has 0 heterocycles. The molecule has 0 aliphatic rings. The Labute approximate surface area is 116 Å². The van der Waals surface area contributed by atoms with Gasteiger partial charge in [-0.3, -0.25) is 4.79 Å². The average Bonchev–Trinajstić information content (AvgIpc) is 2.46. The number of hydrogen-bond acceptors (Lipinski definition) is 1. The highest BCUT2D eigenvalue weighted by molar-refractivity contribution is 5.78. The van der Waals surface area contributed by atoms with Crippen LogP contribution in [0.15, 0.2) is 66.8 Å². The number of ketones is 1. The molecule has 0 saturated carbocycles. The van der Waals surface area contributed by atoms with Gasteiger partial charge >= 0.3 is 0 Å². The Morgan fingerprint density at radius 1 is 1.16 bits per heavy atom. The number of hydrogen-bond donors (Lipinski definition) is 0. The van der Waals surface area contributed by atoms with Crippen LogP contribution in [0.3, 0.4) is 0 Å². The van der Waals surface area contributed by atoms with Gasteiger partial charge in [0.1, 0.15) is 5.78 Å². The largest absolute Gasteiger partial charge is 0.300 e. The number of Topliss-reactive ketones (excluding diaryl/α,β-unsaturated/α-hetero) is 1. The number of rotatable bonds is 8. The van der Waals surface area contributed by atoms with Crippen LogP contribution in [0.5, 0.6) is 0 Å². The third-order valence-electron chi connectivity index (χ3n) is 2.99. The Kier molecular flexibility index (Phi) is 7.26. The highest BCUT2D eigenvalue weighted by Gasteiger charge is 2.03. The van der Waals surface area contributed by atoms with Crippen LogP contribution in [-0.4, -0.2) is 5.78 Å². The van der Waals surface area contributed by atoms with Gasteiger partial charge in [-0.2, -0.15) is 0 Å². The molecule has 1 rings (SSSR count). The lowest BCUT2D eigenvalue weighted by molar-refractivity contribution is -0.119. The van der Waals surface area contributed by atoms with E-state index < -0.39 is 0 Å². The smallest absolute Gasteiger partial charge is 0.133 e. The number of benzene rings is 1. The lowest BCUT2D eigenvalue weighted by atomic mass is 10.0. The first-order valence-electron chi connectivity index (χ1n) is 6.76. The van der Waals surface area contributed by atoms with Crippen molar-refractivity contribution in [3.63, 3.8) is 0 Å². The summed E-state index contributed by atoms with van der Waals surface area (Å²) in [6, 6.07) is 10.1. The van der Waals surface area contributed by atoms with E-state index in [0.29, 0.717) is 18.6 Å². The fourth-order valence-electron chi connectivity index (χ4n) is 1.81. The molecule has 1 heteroatoms. The standard InChI is InChI=1S/C18H22O/c1-3-5-9-16(4-2)12-14-18(19)15-13-17-10-7-6-8-11-17/h3-11H,2,12-15H2,1H3. The molecule has 0 unspecified atom stereocenters. The van der Waals surface area contributed by atoms with Gasteiger partial charge in [0.15, 0.2) is 0 Å². The quantitative estimate of drug-likeness (QED) is 0.617. The zero-order valence-corrected chi connectivity index (χ0v) is 11.6. The van der Waals surface area contributed by atoms with Crippen molar-refractivity contribution in [3.8, 4) is 0 Å². The molecule has 0 aromatic heterocycles. The van der Waals surface area contributed by atoms with Gasteiger partial charge in [-0.1, -0.05) is 61.2 Å². The van der Waals surface area contributed by atoms with Crippen LogP contribution in [0.2, 0.25) is 0 Å². The van der Waals surface area contributed by atoms with E-state index in [1.807, 2.05) is 49.4 Å². The highest BCUT2D eigenvalue weighted by Crippen LogP contribution is 2.10. The van der Waals surface area contributed by atoms with E-state index in [9.17, 15) is 4.79 Å². The van der Waals surface area contributed by atoms with Crippen LogP contribution in [-0.2, 0) is 11.2 Å². The summed E-state index contributed by atoms with van der Waals surface area (Å²) in [6.45, 7) is 5.75. The van der Waals surface area contributed by atoms with Crippen LogP contribution < -0.4 is 0 Å². The molecular formula is C18H22O. The fourth-order valence-corrected chi connectivity index (χ4v) is 1.81. The SMILES string of the molecule is C=CC(=CC=CC)CCC(=O)CCc1ccccc1. The molecule has 1 aromatic rings. The lowest BCUT2D eigenvalue weighted by Gasteiger charge is -2.02. The average molecular weight is 254 g/mol. The van der Waals surface area contributed by atoms with Crippen LogP contribution in [0.1, 0.15) is 31.7 Å². The maximum absolute atomic E-state index is 11.8. The molecule has 0 saturated heterocycles. The Morgan fingerprint density at radius 3 is 2.53 bits per heavy atom. The van der Waals surface area contributed by atoms with Crippen LogP contribution in [0.4, 0.5) is 0 Å². The second-order valence-electron chi connectivity index (χ2n) is 4.50. The van der Waals surface area contributed by atoms with E-state index in [2.05, 4.69) is 18.7 Å². The topological polar surface area (TPSA) is 17.1 Å². The monoisotopic (exact) mass is 254 g/mol. The van der Waals surface area contributed by atoms with Gasteiger partial charge in [0.05, 0.1) is 0 Å². The number of aryl methyl sites for hydroxylation is 1. The van der Waals surface area contributed by atoms with Gasteiger partial charge in [0.2, 0.25) is 0 Å². The van der Waals surface area contributed by atoms with E-state index in [4.69, 9.17) is 0 Å². The van der Waals surface area contributed by atoms with E-state index in [1.165, 1.54) is 5.56 Å². The van der Waals surface area contributed by atoms with Crippen molar-refractivity contribution >= 4 is 5.78 Å².